The number of hydrogen-bond acceptors (Lipinski definition) is 8. The Balaban J connectivity index is 1.66. The minimum Gasteiger partial charge on any atom is -0.496 e. The second-order valence-corrected chi connectivity index (χ2v) is 11.0. The maximum Gasteiger partial charge on any atom is 0.339 e. The monoisotopic (exact) mass is 561 g/mol. The lowest BCUT2D eigenvalue weighted by Gasteiger charge is -2.16. The van der Waals surface area contributed by atoms with E-state index < -0.39 is 21.6 Å². The van der Waals surface area contributed by atoms with Crippen molar-refractivity contribution in [1.29, 1.82) is 0 Å². The van der Waals surface area contributed by atoms with E-state index in [1.54, 1.807) is 36.5 Å². The zero-order valence-corrected chi connectivity index (χ0v) is 22.5. The molecule has 5 rings (SSSR count). The lowest BCUT2D eigenvalue weighted by molar-refractivity contribution is 0.0693. The summed E-state index contributed by atoms with van der Waals surface area (Å²) in [6, 6.07) is 15.5. The number of rotatable bonds is 7. The van der Waals surface area contributed by atoms with Gasteiger partial charge in [-0.1, -0.05) is 12.1 Å². The van der Waals surface area contributed by atoms with Gasteiger partial charge in [-0.25, -0.2) is 22.6 Å². The SMILES string of the molecule is COc1cc(Nc2cc3c(cn2)CN=C(c2c(F)cccc2OC)c2cc(S(C)(=O)=O)ccc2-3)ccc1C(=O)O. The maximum atomic E-state index is 15.2. The van der Waals surface area contributed by atoms with Crippen molar-refractivity contribution in [3.05, 3.63) is 94.9 Å². The first-order valence-electron chi connectivity index (χ1n) is 12.0. The number of anilines is 2. The number of nitrogens with zero attached hydrogens (tertiary/aromatic N) is 2. The van der Waals surface area contributed by atoms with E-state index in [1.807, 2.05) is 0 Å². The molecule has 4 aromatic rings. The predicted octanol–water partition coefficient (Wildman–Crippen LogP) is 5.10. The molecule has 0 amide bonds. The molecule has 1 aromatic heterocycles. The Kier molecular flexibility index (Phi) is 6.99. The second-order valence-electron chi connectivity index (χ2n) is 9.03. The fourth-order valence-corrected chi connectivity index (χ4v) is 5.22. The van der Waals surface area contributed by atoms with Crippen LogP contribution in [-0.2, 0) is 16.4 Å². The number of ether oxygens (including phenoxy) is 2. The number of hydrogen-bond donors (Lipinski definition) is 2. The van der Waals surface area contributed by atoms with Crippen molar-refractivity contribution in [2.45, 2.75) is 11.4 Å². The number of methoxy groups -OCH3 is 2. The summed E-state index contributed by atoms with van der Waals surface area (Å²) in [6.45, 7) is 0.152. The molecule has 9 nitrogen and oxygen atoms in total. The van der Waals surface area contributed by atoms with Gasteiger partial charge in [-0.2, -0.15) is 0 Å². The maximum absolute atomic E-state index is 15.2. The molecule has 204 valence electrons. The molecule has 1 aliphatic heterocycles. The summed E-state index contributed by atoms with van der Waals surface area (Å²) in [6.07, 6.45) is 2.75. The van der Waals surface area contributed by atoms with Gasteiger partial charge in [-0.05, 0) is 59.2 Å². The first-order valence-corrected chi connectivity index (χ1v) is 13.9. The zero-order chi connectivity index (χ0) is 28.6. The predicted molar refractivity (Wildman–Crippen MR) is 148 cm³/mol. The number of carboxylic acids is 1. The van der Waals surface area contributed by atoms with Gasteiger partial charge in [0.15, 0.2) is 9.84 Å². The third-order valence-electron chi connectivity index (χ3n) is 6.49. The highest BCUT2D eigenvalue weighted by molar-refractivity contribution is 7.90. The van der Waals surface area contributed by atoms with Crippen molar-refractivity contribution >= 4 is 33.0 Å². The molecule has 0 atom stereocenters. The number of carboxylic acid groups (broad SMARTS) is 1. The van der Waals surface area contributed by atoms with Crippen molar-refractivity contribution < 1.29 is 32.2 Å². The number of aliphatic imine (C=N–C) groups is 1. The molecule has 2 heterocycles. The topological polar surface area (TPSA) is 127 Å². The molecule has 0 spiro atoms. The minimum atomic E-state index is -3.58. The van der Waals surface area contributed by atoms with Gasteiger partial charge in [0, 0.05) is 29.8 Å². The number of aromatic nitrogens is 1. The first-order chi connectivity index (χ1) is 19.1. The molecule has 0 radical (unpaired) electrons. The summed E-state index contributed by atoms with van der Waals surface area (Å²) in [5, 5.41) is 12.5. The molecular formula is C29H24FN3O6S. The van der Waals surface area contributed by atoms with Gasteiger partial charge in [0.05, 0.1) is 36.9 Å². The summed E-state index contributed by atoms with van der Waals surface area (Å²) in [5.41, 5.74) is 3.47. The van der Waals surface area contributed by atoms with Gasteiger partial charge < -0.3 is 19.9 Å². The number of halogens is 1. The number of sulfone groups is 1. The number of benzene rings is 3. The summed E-state index contributed by atoms with van der Waals surface area (Å²) >= 11 is 0. The van der Waals surface area contributed by atoms with Crippen LogP contribution in [0.3, 0.4) is 0 Å². The van der Waals surface area contributed by atoms with Crippen molar-refractivity contribution in [3.63, 3.8) is 0 Å². The third kappa shape index (κ3) is 4.98. The molecule has 1 aliphatic rings. The van der Waals surface area contributed by atoms with Crippen LogP contribution in [0.25, 0.3) is 11.1 Å². The van der Waals surface area contributed by atoms with Crippen LogP contribution in [0, 0.1) is 5.82 Å². The Bertz CT molecular complexity index is 1800. The largest absolute Gasteiger partial charge is 0.496 e. The normalized spacial score (nSPS) is 12.4. The van der Waals surface area contributed by atoms with E-state index >= 15 is 4.39 Å². The number of carbonyl (C=O) groups is 1. The fraction of sp³-hybridized carbons (Fsp3) is 0.138. The molecule has 11 heteroatoms. The lowest BCUT2D eigenvalue weighted by atomic mass is 9.92. The summed E-state index contributed by atoms with van der Waals surface area (Å²) in [7, 11) is -0.767. The highest BCUT2D eigenvalue weighted by Gasteiger charge is 2.26. The average molecular weight is 562 g/mol. The Hall–Kier alpha value is -4.77. The van der Waals surface area contributed by atoms with E-state index in [0.717, 1.165) is 17.4 Å². The van der Waals surface area contributed by atoms with Crippen LogP contribution in [0.4, 0.5) is 15.9 Å². The zero-order valence-electron chi connectivity index (χ0n) is 21.7. The van der Waals surface area contributed by atoms with Gasteiger partial charge in [0.2, 0.25) is 0 Å². The summed E-state index contributed by atoms with van der Waals surface area (Å²) in [5.74, 6) is -0.783. The molecule has 2 N–H and O–H groups in total. The van der Waals surface area contributed by atoms with Crippen LogP contribution >= 0.6 is 0 Å². The number of aromatic carboxylic acids is 1. The average Bonchev–Trinajstić information content (AvgIpc) is 3.08. The van der Waals surface area contributed by atoms with Gasteiger partial charge in [-0.15, -0.1) is 0 Å². The van der Waals surface area contributed by atoms with Gasteiger partial charge in [-0.3, -0.25) is 4.99 Å². The van der Waals surface area contributed by atoms with Crippen LogP contribution in [0.5, 0.6) is 11.5 Å². The number of fused-ring (bicyclic) bond motifs is 3. The van der Waals surface area contributed by atoms with E-state index in [0.29, 0.717) is 22.6 Å². The van der Waals surface area contributed by atoms with E-state index in [1.165, 1.54) is 44.6 Å². The molecule has 3 aromatic carbocycles. The molecule has 0 fully saturated rings. The van der Waals surface area contributed by atoms with E-state index in [2.05, 4.69) is 10.3 Å². The van der Waals surface area contributed by atoms with Crippen LogP contribution in [0.2, 0.25) is 0 Å². The van der Waals surface area contributed by atoms with E-state index in [-0.39, 0.29) is 39.8 Å². The Morgan fingerprint density at radius 1 is 0.975 bits per heavy atom. The minimum absolute atomic E-state index is 0.0202. The van der Waals surface area contributed by atoms with Crippen LogP contribution in [0.1, 0.15) is 27.0 Å². The van der Waals surface area contributed by atoms with Crippen LogP contribution < -0.4 is 14.8 Å². The van der Waals surface area contributed by atoms with Gasteiger partial charge in [0.25, 0.3) is 0 Å². The Morgan fingerprint density at radius 3 is 2.45 bits per heavy atom. The van der Waals surface area contributed by atoms with Gasteiger partial charge >= 0.3 is 5.97 Å². The van der Waals surface area contributed by atoms with Crippen molar-refractivity contribution in [2.75, 3.05) is 25.8 Å². The van der Waals surface area contributed by atoms with Crippen LogP contribution in [-0.4, -0.2) is 50.7 Å². The molecule has 0 unspecified atom stereocenters. The van der Waals surface area contributed by atoms with Crippen LogP contribution in [0.15, 0.2) is 76.7 Å². The summed E-state index contributed by atoms with van der Waals surface area (Å²) < 4.78 is 50.8. The standard InChI is InChI=1S/C29H24FN3O6S/c1-38-24-6-4-5-23(30)27(24)28-22-12-18(40(3,36)37)8-10-19(22)21-13-26(31-14-16(21)15-32-28)33-17-7-9-20(29(34)35)25(11-17)39-2/h4-14H,15H2,1-3H3,(H,31,33)(H,34,35). The Morgan fingerprint density at radius 2 is 1.75 bits per heavy atom. The Labute approximate surface area is 229 Å². The smallest absolute Gasteiger partial charge is 0.339 e. The number of pyridine rings is 1. The third-order valence-corrected chi connectivity index (χ3v) is 7.61. The molecule has 40 heavy (non-hydrogen) atoms. The summed E-state index contributed by atoms with van der Waals surface area (Å²) in [4.78, 5) is 20.7. The molecule has 0 aliphatic carbocycles. The second kappa shape index (κ2) is 10.4. The molecule has 0 saturated heterocycles. The van der Waals surface area contributed by atoms with Gasteiger partial charge in [0.1, 0.15) is 28.7 Å². The lowest BCUT2D eigenvalue weighted by Crippen LogP contribution is -2.11. The van der Waals surface area contributed by atoms with E-state index in [4.69, 9.17) is 14.5 Å². The molecule has 0 saturated carbocycles. The quantitative estimate of drug-likeness (QED) is 0.319. The fourth-order valence-electron chi connectivity index (χ4n) is 4.57. The highest BCUT2D eigenvalue weighted by atomic mass is 32.2. The highest BCUT2D eigenvalue weighted by Crippen LogP contribution is 2.38. The van der Waals surface area contributed by atoms with Crippen molar-refractivity contribution in [2.24, 2.45) is 4.99 Å². The molecular weight excluding hydrogens is 537 g/mol. The number of nitrogens with one attached hydrogen (secondary N) is 1. The van der Waals surface area contributed by atoms with E-state index in [9.17, 15) is 18.3 Å². The van der Waals surface area contributed by atoms with Crippen molar-refractivity contribution in [3.8, 4) is 22.6 Å². The first kappa shape index (κ1) is 26.8. The molecule has 0 bridgehead atoms. The van der Waals surface area contributed by atoms with Crippen molar-refractivity contribution in [1.82, 2.24) is 4.98 Å².